The van der Waals surface area contributed by atoms with E-state index in [2.05, 4.69) is 5.10 Å². The van der Waals surface area contributed by atoms with Crippen LogP contribution in [-0.4, -0.2) is 28.0 Å². The van der Waals surface area contributed by atoms with Crippen molar-refractivity contribution in [3.05, 3.63) is 18.0 Å². The van der Waals surface area contributed by atoms with Crippen LogP contribution < -0.4 is 5.73 Å². The van der Waals surface area contributed by atoms with Crippen LogP contribution in [0, 0.1) is 5.92 Å². The molecule has 0 aromatic carbocycles. The maximum absolute atomic E-state index is 9.07. The molecule has 1 fully saturated rings. The molecule has 0 radical (unpaired) electrons. The van der Waals surface area contributed by atoms with Crippen molar-refractivity contribution in [1.29, 1.82) is 0 Å². The first-order valence-electron chi connectivity index (χ1n) is 5.20. The molecule has 14 heavy (non-hydrogen) atoms. The lowest BCUT2D eigenvalue weighted by atomic mass is 9.80. The second-order valence-electron chi connectivity index (χ2n) is 3.91. The summed E-state index contributed by atoms with van der Waals surface area (Å²) < 4.78 is 1.98. The number of aliphatic hydroxyl groups is 1. The lowest BCUT2D eigenvalue weighted by Crippen LogP contribution is -2.31. The third kappa shape index (κ3) is 1.67. The summed E-state index contributed by atoms with van der Waals surface area (Å²) >= 11 is 0. The van der Waals surface area contributed by atoms with E-state index in [9.17, 15) is 0 Å². The topological polar surface area (TPSA) is 64.1 Å². The molecule has 4 heteroatoms. The average molecular weight is 195 g/mol. The fourth-order valence-corrected chi connectivity index (χ4v) is 1.96. The molecular weight excluding hydrogens is 178 g/mol. The summed E-state index contributed by atoms with van der Waals surface area (Å²) in [5.74, 6) is 0.403. The van der Waals surface area contributed by atoms with Crippen LogP contribution in [0.3, 0.4) is 0 Å². The van der Waals surface area contributed by atoms with Crippen molar-refractivity contribution in [2.24, 2.45) is 11.7 Å². The number of hydrogen-bond donors (Lipinski definition) is 2. The normalized spacial score (nSPS) is 26.1. The number of hydrogen-bond acceptors (Lipinski definition) is 3. The highest BCUT2D eigenvalue weighted by molar-refractivity contribution is 5.01. The first-order chi connectivity index (χ1) is 6.85. The maximum atomic E-state index is 9.07. The number of aromatic nitrogens is 2. The standard InChI is InChI=1S/C10H17N3O/c11-5-3-9-4-6-13(12-9)10-2-1-8(10)7-14/h4,6,8,10,14H,1-3,5,7,11H2. The first kappa shape index (κ1) is 9.68. The van der Waals surface area contributed by atoms with Crippen LogP contribution in [0.5, 0.6) is 0 Å². The largest absolute Gasteiger partial charge is 0.396 e. The van der Waals surface area contributed by atoms with Crippen LogP contribution in [0.25, 0.3) is 0 Å². The smallest absolute Gasteiger partial charge is 0.0637 e. The molecular formula is C10H17N3O. The van der Waals surface area contributed by atoms with E-state index in [1.54, 1.807) is 0 Å². The number of aliphatic hydroxyl groups excluding tert-OH is 1. The van der Waals surface area contributed by atoms with Gasteiger partial charge in [-0.25, -0.2) is 0 Å². The van der Waals surface area contributed by atoms with Gasteiger partial charge < -0.3 is 10.8 Å². The van der Waals surface area contributed by atoms with Gasteiger partial charge in [0.2, 0.25) is 0 Å². The van der Waals surface area contributed by atoms with Gasteiger partial charge in [-0.2, -0.15) is 5.10 Å². The van der Waals surface area contributed by atoms with E-state index in [-0.39, 0.29) is 6.61 Å². The second kappa shape index (κ2) is 4.11. The van der Waals surface area contributed by atoms with Crippen molar-refractivity contribution >= 4 is 0 Å². The van der Waals surface area contributed by atoms with Crippen molar-refractivity contribution < 1.29 is 5.11 Å². The summed E-state index contributed by atoms with van der Waals surface area (Å²) in [5.41, 5.74) is 6.51. The minimum atomic E-state index is 0.275. The van der Waals surface area contributed by atoms with Gasteiger partial charge in [0.05, 0.1) is 11.7 Å². The molecule has 1 saturated carbocycles. The molecule has 1 heterocycles. The minimum absolute atomic E-state index is 0.275. The van der Waals surface area contributed by atoms with Gasteiger partial charge in [0.25, 0.3) is 0 Å². The lowest BCUT2D eigenvalue weighted by Gasteiger charge is -2.35. The van der Waals surface area contributed by atoms with Gasteiger partial charge in [0.1, 0.15) is 0 Å². The number of nitrogens with zero attached hydrogens (tertiary/aromatic N) is 2. The Kier molecular flexibility index (Phi) is 2.84. The molecule has 2 rings (SSSR count). The third-order valence-corrected chi connectivity index (χ3v) is 3.02. The van der Waals surface area contributed by atoms with E-state index in [4.69, 9.17) is 10.8 Å². The number of rotatable bonds is 4. The van der Waals surface area contributed by atoms with Crippen molar-refractivity contribution in [2.45, 2.75) is 25.3 Å². The summed E-state index contributed by atoms with van der Waals surface area (Å²) in [6.07, 6.45) is 5.09. The molecule has 2 unspecified atom stereocenters. The predicted octanol–water partition coefficient (Wildman–Crippen LogP) is 0.328. The molecule has 0 bridgehead atoms. The highest BCUT2D eigenvalue weighted by atomic mass is 16.3. The summed E-state index contributed by atoms with van der Waals surface area (Å²) in [7, 11) is 0. The Bertz CT molecular complexity index is 295. The van der Waals surface area contributed by atoms with Gasteiger partial charge in [-0.15, -0.1) is 0 Å². The van der Waals surface area contributed by atoms with Crippen molar-refractivity contribution in [3.63, 3.8) is 0 Å². The fraction of sp³-hybridized carbons (Fsp3) is 0.700. The summed E-state index contributed by atoms with van der Waals surface area (Å²) in [6.45, 7) is 0.919. The van der Waals surface area contributed by atoms with Crippen LogP contribution in [0.15, 0.2) is 12.3 Å². The van der Waals surface area contributed by atoms with Gasteiger partial charge in [-0.1, -0.05) is 0 Å². The Morgan fingerprint density at radius 3 is 3.00 bits per heavy atom. The third-order valence-electron chi connectivity index (χ3n) is 3.02. The monoisotopic (exact) mass is 195 g/mol. The van der Waals surface area contributed by atoms with Crippen LogP contribution >= 0.6 is 0 Å². The maximum Gasteiger partial charge on any atom is 0.0637 e. The van der Waals surface area contributed by atoms with E-state index in [0.717, 1.165) is 25.0 Å². The summed E-state index contributed by atoms with van der Waals surface area (Å²) in [5, 5.41) is 13.5. The zero-order valence-electron chi connectivity index (χ0n) is 8.26. The van der Waals surface area contributed by atoms with Gasteiger partial charge in [0, 0.05) is 25.1 Å². The molecule has 0 aliphatic heterocycles. The molecule has 2 atom stereocenters. The molecule has 1 aromatic heterocycles. The average Bonchev–Trinajstić information content (AvgIpc) is 2.53. The Balaban J connectivity index is 2.02. The zero-order chi connectivity index (χ0) is 9.97. The van der Waals surface area contributed by atoms with Gasteiger partial charge in [-0.3, -0.25) is 4.68 Å². The quantitative estimate of drug-likeness (QED) is 0.727. The Hall–Kier alpha value is -0.870. The molecule has 78 valence electrons. The predicted molar refractivity (Wildman–Crippen MR) is 53.8 cm³/mol. The van der Waals surface area contributed by atoms with Gasteiger partial charge in [-0.05, 0) is 25.5 Å². The van der Waals surface area contributed by atoms with E-state index >= 15 is 0 Å². The molecule has 1 aliphatic rings. The molecule has 0 spiro atoms. The van der Waals surface area contributed by atoms with E-state index in [1.807, 2.05) is 16.9 Å². The van der Waals surface area contributed by atoms with Crippen molar-refractivity contribution in [2.75, 3.05) is 13.2 Å². The molecule has 1 aromatic rings. The Morgan fingerprint density at radius 2 is 2.43 bits per heavy atom. The highest BCUT2D eigenvalue weighted by Crippen LogP contribution is 2.37. The van der Waals surface area contributed by atoms with Crippen molar-refractivity contribution in [3.8, 4) is 0 Å². The highest BCUT2D eigenvalue weighted by Gasteiger charge is 2.31. The van der Waals surface area contributed by atoms with Crippen LogP contribution in [0.2, 0.25) is 0 Å². The SMILES string of the molecule is NCCc1ccn(C2CCC2CO)n1. The fourth-order valence-electron chi connectivity index (χ4n) is 1.96. The molecule has 3 N–H and O–H groups in total. The van der Waals surface area contributed by atoms with E-state index < -0.39 is 0 Å². The minimum Gasteiger partial charge on any atom is -0.396 e. The summed E-state index contributed by atoms with van der Waals surface area (Å²) in [6, 6.07) is 2.42. The summed E-state index contributed by atoms with van der Waals surface area (Å²) in [4.78, 5) is 0. The first-order valence-corrected chi connectivity index (χ1v) is 5.20. The molecule has 1 aliphatic carbocycles. The number of nitrogens with two attached hydrogens (primary N) is 1. The molecule has 0 saturated heterocycles. The van der Waals surface area contributed by atoms with Crippen LogP contribution in [-0.2, 0) is 6.42 Å². The van der Waals surface area contributed by atoms with E-state index in [0.29, 0.717) is 18.5 Å². The Labute approximate surface area is 83.7 Å². The van der Waals surface area contributed by atoms with E-state index in [1.165, 1.54) is 0 Å². The van der Waals surface area contributed by atoms with Gasteiger partial charge in [0.15, 0.2) is 0 Å². The molecule has 0 amide bonds. The zero-order valence-corrected chi connectivity index (χ0v) is 8.26. The Morgan fingerprint density at radius 1 is 1.57 bits per heavy atom. The van der Waals surface area contributed by atoms with Crippen molar-refractivity contribution in [1.82, 2.24) is 9.78 Å². The second-order valence-corrected chi connectivity index (χ2v) is 3.91. The molecule has 4 nitrogen and oxygen atoms in total. The van der Waals surface area contributed by atoms with Gasteiger partial charge >= 0.3 is 0 Å². The van der Waals surface area contributed by atoms with Crippen LogP contribution in [0.4, 0.5) is 0 Å². The lowest BCUT2D eigenvalue weighted by molar-refractivity contribution is 0.0892. The van der Waals surface area contributed by atoms with Crippen LogP contribution in [0.1, 0.15) is 24.6 Å².